The number of halogens is 2. The second-order valence-electron chi connectivity index (χ2n) is 5.02. The van der Waals surface area contributed by atoms with Gasteiger partial charge in [0.25, 0.3) is 0 Å². The zero-order valence-electron chi connectivity index (χ0n) is 11.1. The fraction of sp³-hybridized carbons (Fsp3) is 0.429. The van der Waals surface area contributed by atoms with Crippen molar-refractivity contribution < 1.29 is 0 Å². The van der Waals surface area contributed by atoms with Crippen molar-refractivity contribution in [2.75, 3.05) is 0 Å². The molecule has 1 atom stereocenters. The molecule has 1 aromatic carbocycles. The molecule has 0 fully saturated rings. The summed E-state index contributed by atoms with van der Waals surface area (Å²) in [6.45, 7) is 6.67. The van der Waals surface area contributed by atoms with Crippen molar-refractivity contribution in [2.45, 2.75) is 33.2 Å². The molecular formula is C14H15Cl2N3. The van der Waals surface area contributed by atoms with Crippen LogP contribution in [-0.4, -0.2) is 9.55 Å². The molecule has 0 N–H and O–H groups in total. The second kappa shape index (κ2) is 5.40. The van der Waals surface area contributed by atoms with E-state index in [0.29, 0.717) is 16.6 Å². The van der Waals surface area contributed by atoms with Gasteiger partial charge in [0.05, 0.1) is 33.1 Å². The lowest BCUT2D eigenvalue weighted by molar-refractivity contribution is 0.555. The van der Waals surface area contributed by atoms with Crippen molar-refractivity contribution in [3.05, 3.63) is 28.0 Å². The van der Waals surface area contributed by atoms with Crippen LogP contribution in [0.25, 0.3) is 11.0 Å². The lowest BCUT2D eigenvalue weighted by Crippen LogP contribution is -2.10. The van der Waals surface area contributed by atoms with Gasteiger partial charge in [-0.2, -0.15) is 5.26 Å². The van der Waals surface area contributed by atoms with E-state index in [-0.39, 0.29) is 11.8 Å². The molecule has 0 saturated heterocycles. The first-order chi connectivity index (χ1) is 8.93. The first-order valence-electron chi connectivity index (χ1n) is 6.18. The predicted molar refractivity (Wildman–Crippen MR) is 78.6 cm³/mol. The van der Waals surface area contributed by atoms with Gasteiger partial charge in [-0.1, -0.05) is 37.0 Å². The SMILES string of the molecule is CC(C#N)Cn1c(C(C)C)nc2cc(Cl)c(Cl)cc21. The summed E-state index contributed by atoms with van der Waals surface area (Å²) in [5, 5.41) is 10.0. The zero-order valence-corrected chi connectivity index (χ0v) is 12.6. The number of aromatic nitrogens is 2. The van der Waals surface area contributed by atoms with Crippen molar-refractivity contribution in [3.63, 3.8) is 0 Å². The predicted octanol–water partition coefficient (Wildman–Crippen LogP) is 4.63. The van der Waals surface area contributed by atoms with Crippen molar-refractivity contribution in [2.24, 2.45) is 5.92 Å². The minimum absolute atomic E-state index is 0.0793. The normalized spacial score (nSPS) is 12.9. The number of nitriles is 1. The minimum Gasteiger partial charge on any atom is -0.326 e. The Bertz CT molecular complexity index is 653. The smallest absolute Gasteiger partial charge is 0.112 e. The maximum absolute atomic E-state index is 9.00. The topological polar surface area (TPSA) is 41.6 Å². The Labute approximate surface area is 122 Å². The Hall–Kier alpha value is -1.24. The first-order valence-corrected chi connectivity index (χ1v) is 6.94. The van der Waals surface area contributed by atoms with E-state index in [2.05, 4.69) is 29.5 Å². The van der Waals surface area contributed by atoms with Gasteiger partial charge in [-0.15, -0.1) is 0 Å². The standard InChI is InChI=1S/C14H15Cl2N3/c1-8(2)14-18-12-4-10(15)11(16)5-13(12)19(14)7-9(3)6-17/h4-5,8-9H,7H2,1-3H3. The van der Waals surface area contributed by atoms with Gasteiger partial charge in [-0.3, -0.25) is 0 Å². The third kappa shape index (κ3) is 2.70. The van der Waals surface area contributed by atoms with Gasteiger partial charge in [0, 0.05) is 12.5 Å². The summed E-state index contributed by atoms with van der Waals surface area (Å²) < 4.78 is 2.07. The van der Waals surface area contributed by atoms with Crippen LogP contribution >= 0.6 is 23.2 Å². The fourth-order valence-corrected chi connectivity index (χ4v) is 2.40. The molecule has 2 aromatic rings. The van der Waals surface area contributed by atoms with Crippen LogP contribution in [0.2, 0.25) is 10.0 Å². The molecule has 0 aliphatic heterocycles. The summed E-state index contributed by atoms with van der Waals surface area (Å²) in [7, 11) is 0. The summed E-state index contributed by atoms with van der Waals surface area (Å²) in [4.78, 5) is 4.61. The Morgan fingerprint density at radius 1 is 1.26 bits per heavy atom. The molecule has 1 aromatic heterocycles. The highest BCUT2D eigenvalue weighted by atomic mass is 35.5. The average Bonchev–Trinajstić information content (AvgIpc) is 2.68. The maximum Gasteiger partial charge on any atom is 0.112 e. The van der Waals surface area contributed by atoms with Crippen LogP contribution in [0.15, 0.2) is 12.1 Å². The molecule has 5 heteroatoms. The van der Waals surface area contributed by atoms with Crippen LogP contribution in [-0.2, 0) is 6.54 Å². The van der Waals surface area contributed by atoms with Crippen molar-refractivity contribution in [1.82, 2.24) is 9.55 Å². The lowest BCUT2D eigenvalue weighted by atomic mass is 10.1. The van der Waals surface area contributed by atoms with E-state index < -0.39 is 0 Å². The van der Waals surface area contributed by atoms with Crippen LogP contribution < -0.4 is 0 Å². The number of hydrogen-bond donors (Lipinski definition) is 0. The fourth-order valence-electron chi connectivity index (χ4n) is 2.09. The molecule has 0 aliphatic rings. The molecule has 0 bridgehead atoms. The van der Waals surface area contributed by atoms with E-state index >= 15 is 0 Å². The molecule has 1 heterocycles. The number of nitrogens with zero attached hydrogens (tertiary/aromatic N) is 3. The summed E-state index contributed by atoms with van der Waals surface area (Å²) in [6, 6.07) is 5.85. The number of hydrogen-bond acceptors (Lipinski definition) is 2. The molecule has 1 unspecified atom stereocenters. The number of imidazole rings is 1. The number of fused-ring (bicyclic) bond motifs is 1. The van der Waals surface area contributed by atoms with Crippen LogP contribution in [0.4, 0.5) is 0 Å². The Kier molecular flexibility index (Phi) is 4.03. The summed E-state index contributed by atoms with van der Waals surface area (Å²) in [5.41, 5.74) is 1.75. The van der Waals surface area contributed by atoms with E-state index in [9.17, 15) is 0 Å². The zero-order chi connectivity index (χ0) is 14.2. The third-order valence-corrected chi connectivity index (χ3v) is 3.74. The summed E-state index contributed by atoms with van der Waals surface area (Å²) in [6.07, 6.45) is 0. The van der Waals surface area contributed by atoms with Gasteiger partial charge >= 0.3 is 0 Å². The van der Waals surface area contributed by atoms with Crippen LogP contribution in [0.5, 0.6) is 0 Å². The number of benzene rings is 1. The minimum atomic E-state index is -0.0793. The molecule has 0 saturated carbocycles. The molecule has 0 amide bonds. The Morgan fingerprint density at radius 3 is 2.47 bits per heavy atom. The van der Waals surface area contributed by atoms with Crippen LogP contribution in [0.1, 0.15) is 32.5 Å². The van der Waals surface area contributed by atoms with Gasteiger partial charge in [0.1, 0.15) is 5.82 Å². The van der Waals surface area contributed by atoms with Crippen molar-refractivity contribution in [1.29, 1.82) is 5.26 Å². The Morgan fingerprint density at radius 2 is 1.89 bits per heavy atom. The average molecular weight is 296 g/mol. The van der Waals surface area contributed by atoms with Gasteiger partial charge in [0.2, 0.25) is 0 Å². The van der Waals surface area contributed by atoms with E-state index in [1.165, 1.54) is 0 Å². The highest BCUT2D eigenvalue weighted by molar-refractivity contribution is 6.42. The monoisotopic (exact) mass is 295 g/mol. The second-order valence-corrected chi connectivity index (χ2v) is 5.83. The van der Waals surface area contributed by atoms with Crippen LogP contribution in [0.3, 0.4) is 0 Å². The first kappa shape index (κ1) is 14.2. The van der Waals surface area contributed by atoms with E-state index in [4.69, 9.17) is 28.5 Å². The van der Waals surface area contributed by atoms with Crippen molar-refractivity contribution in [3.8, 4) is 6.07 Å². The molecule has 0 spiro atoms. The van der Waals surface area contributed by atoms with Gasteiger partial charge in [-0.05, 0) is 19.1 Å². The van der Waals surface area contributed by atoms with Gasteiger partial charge in [-0.25, -0.2) is 4.98 Å². The van der Waals surface area contributed by atoms with Gasteiger partial charge in [0.15, 0.2) is 0 Å². The van der Waals surface area contributed by atoms with E-state index in [0.717, 1.165) is 16.9 Å². The number of rotatable bonds is 3. The maximum atomic E-state index is 9.00. The summed E-state index contributed by atoms with van der Waals surface area (Å²) in [5.74, 6) is 1.15. The molecule has 3 nitrogen and oxygen atoms in total. The highest BCUT2D eigenvalue weighted by Gasteiger charge is 2.17. The quantitative estimate of drug-likeness (QED) is 0.828. The van der Waals surface area contributed by atoms with Crippen molar-refractivity contribution >= 4 is 34.2 Å². The van der Waals surface area contributed by atoms with Crippen LogP contribution in [0, 0.1) is 17.2 Å². The lowest BCUT2D eigenvalue weighted by Gasteiger charge is -2.12. The summed E-state index contributed by atoms with van der Waals surface area (Å²) >= 11 is 12.1. The molecule has 19 heavy (non-hydrogen) atoms. The molecule has 100 valence electrons. The highest BCUT2D eigenvalue weighted by Crippen LogP contribution is 2.30. The van der Waals surface area contributed by atoms with E-state index in [1.807, 2.05) is 13.0 Å². The molecule has 0 aliphatic carbocycles. The molecular weight excluding hydrogens is 281 g/mol. The van der Waals surface area contributed by atoms with Gasteiger partial charge < -0.3 is 4.57 Å². The van der Waals surface area contributed by atoms with E-state index in [1.54, 1.807) is 6.07 Å². The largest absolute Gasteiger partial charge is 0.326 e. The molecule has 2 rings (SSSR count). The third-order valence-electron chi connectivity index (χ3n) is 3.01. The molecule has 0 radical (unpaired) electrons. The Balaban J connectivity index is 2.66.